The van der Waals surface area contributed by atoms with Crippen LogP contribution in [-0.4, -0.2) is 29.1 Å². The maximum absolute atomic E-state index is 12.2. The van der Waals surface area contributed by atoms with Crippen LogP contribution in [0.3, 0.4) is 0 Å². The van der Waals surface area contributed by atoms with Gasteiger partial charge < -0.3 is 10.4 Å². The van der Waals surface area contributed by atoms with E-state index < -0.39 is 10.8 Å². The van der Waals surface area contributed by atoms with E-state index in [4.69, 9.17) is 0 Å². The molecule has 1 aliphatic rings. The molecule has 6 nitrogen and oxygen atoms in total. The number of hydrogen-bond acceptors (Lipinski definition) is 4. The fourth-order valence-corrected chi connectivity index (χ4v) is 3.03. The number of aryl methyl sites for hydroxylation is 1. The average Bonchev–Trinajstić information content (AvgIpc) is 2.91. The first-order chi connectivity index (χ1) is 10.0. The summed E-state index contributed by atoms with van der Waals surface area (Å²) in [6, 6.07) is 4.73. The molecule has 2 rings (SSSR count). The van der Waals surface area contributed by atoms with E-state index in [1.807, 2.05) is 0 Å². The van der Waals surface area contributed by atoms with Gasteiger partial charge in [-0.05, 0) is 37.7 Å². The Morgan fingerprint density at radius 2 is 2.14 bits per heavy atom. The minimum absolute atomic E-state index is 0.0959. The lowest BCUT2D eigenvalue weighted by atomic mass is 9.97. The van der Waals surface area contributed by atoms with Crippen LogP contribution >= 0.6 is 0 Å². The number of benzene rings is 1. The fourth-order valence-electron chi connectivity index (χ4n) is 3.03. The molecule has 0 bridgehead atoms. The number of aliphatic hydroxyl groups is 1. The molecule has 2 atom stereocenters. The Bertz CT molecular complexity index is 544. The summed E-state index contributed by atoms with van der Waals surface area (Å²) in [6.45, 7) is 2.20. The van der Waals surface area contributed by atoms with Crippen LogP contribution < -0.4 is 5.32 Å². The van der Waals surface area contributed by atoms with Gasteiger partial charge in [0.25, 0.3) is 11.6 Å². The molecular weight excluding hydrogens is 272 g/mol. The third-order valence-electron chi connectivity index (χ3n) is 4.24. The van der Waals surface area contributed by atoms with Crippen LogP contribution in [0.2, 0.25) is 0 Å². The van der Waals surface area contributed by atoms with Gasteiger partial charge in [0.15, 0.2) is 0 Å². The van der Waals surface area contributed by atoms with Gasteiger partial charge in [-0.1, -0.05) is 18.6 Å². The van der Waals surface area contributed by atoms with Crippen LogP contribution in [0.4, 0.5) is 5.69 Å². The van der Waals surface area contributed by atoms with Gasteiger partial charge in [0.05, 0.1) is 4.92 Å². The van der Waals surface area contributed by atoms with Gasteiger partial charge in [-0.3, -0.25) is 14.9 Å². The number of amides is 1. The zero-order chi connectivity index (χ0) is 15.4. The maximum Gasteiger partial charge on any atom is 0.285 e. The molecule has 0 aliphatic heterocycles. The highest BCUT2D eigenvalue weighted by Gasteiger charge is 2.28. The highest BCUT2D eigenvalue weighted by molar-refractivity contribution is 5.98. The highest BCUT2D eigenvalue weighted by Crippen LogP contribution is 2.31. The van der Waals surface area contributed by atoms with E-state index in [2.05, 4.69) is 5.32 Å². The lowest BCUT2D eigenvalue weighted by Crippen LogP contribution is -2.32. The molecule has 114 valence electrons. The number of para-hydroxylation sites is 1. The summed E-state index contributed by atoms with van der Waals surface area (Å²) in [5.41, 5.74) is 0.431. The van der Waals surface area contributed by atoms with Crippen molar-refractivity contribution in [2.24, 2.45) is 11.8 Å². The number of nitrogens with one attached hydrogen (secondary N) is 1. The molecule has 1 fully saturated rings. The molecule has 1 amide bonds. The molecule has 0 spiro atoms. The molecule has 1 aromatic carbocycles. The second-order valence-corrected chi connectivity index (χ2v) is 5.57. The molecule has 1 aromatic rings. The summed E-state index contributed by atoms with van der Waals surface area (Å²) in [4.78, 5) is 22.8. The van der Waals surface area contributed by atoms with E-state index in [-0.39, 0.29) is 29.7 Å². The Balaban J connectivity index is 2.07. The number of nitro groups is 1. The van der Waals surface area contributed by atoms with Crippen molar-refractivity contribution in [3.63, 3.8) is 0 Å². The molecule has 1 saturated carbocycles. The van der Waals surface area contributed by atoms with Crippen molar-refractivity contribution in [3.8, 4) is 0 Å². The largest absolute Gasteiger partial charge is 0.396 e. The Morgan fingerprint density at radius 1 is 1.43 bits per heavy atom. The second kappa shape index (κ2) is 6.67. The Morgan fingerprint density at radius 3 is 2.81 bits per heavy atom. The highest BCUT2D eigenvalue weighted by atomic mass is 16.6. The van der Waals surface area contributed by atoms with Crippen molar-refractivity contribution in [1.29, 1.82) is 0 Å². The predicted octanol–water partition coefficient (Wildman–Crippen LogP) is 2.04. The van der Waals surface area contributed by atoms with Gasteiger partial charge in [0, 0.05) is 18.7 Å². The minimum atomic E-state index is -0.518. The van der Waals surface area contributed by atoms with Crippen LogP contribution in [0.5, 0.6) is 0 Å². The number of aliphatic hydroxyl groups excluding tert-OH is 1. The molecule has 21 heavy (non-hydrogen) atoms. The van der Waals surface area contributed by atoms with Crippen molar-refractivity contribution >= 4 is 11.6 Å². The standard InChI is InChI=1S/C15H20N2O4/c1-10-4-2-7-13(14(10)17(20)21)15(19)16-8-11-5-3-6-12(11)9-18/h2,4,7,11-12,18H,3,5-6,8-9H2,1H3,(H,16,19). The van der Waals surface area contributed by atoms with Gasteiger partial charge in [0.1, 0.15) is 5.56 Å². The van der Waals surface area contributed by atoms with Gasteiger partial charge >= 0.3 is 0 Å². The van der Waals surface area contributed by atoms with Gasteiger partial charge in [0.2, 0.25) is 0 Å². The number of rotatable bonds is 5. The number of nitro benzene ring substituents is 1. The van der Waals surface area contributed by atoms with Crippen LogP contribution in [0.25, 0.3) is 0 Å². The molecule has 6 heteroatoms. The molecule has 1 aliphatic carbocycles. The zero-order valence-electron chi connectivity index (χ0n) is 12.0. The first kappa shape index (κ1) is 15.4. The van der Waals surface area contributed by atoms with Gasteiger partial charge in [-0.25, -0.2) is 0 Å². The van der Waals surface area contributed by atoms with Gasteiger partial charge in [-0.2, -0.15) is 0 Å². The van der Waals surface area contributed by atoms with Gasteiger partial charge in [-0.15, -0.1) is 0 Å². The van der Waals surface area contributed by atoms with Crippen LogP contribution in [0, 0.1) is 28.9 Å². The summed E-state index contributed by atoms with van der Waals surface area (Å²) in [5.74, 6) is 0.0506. The van der Waals surface area contributed by atoms with Crippen molar-refractivity contribution in [1.82, 2.24) is 5.32 Å². The van der Waals surface area contributed by atoms with E-state index in [1.54, 1.807) is 19.1 Å². The fraction of sp³-hybridized carbons (Fsp3) is 0.533. The molecule has 2 N–H and O–H groups in total. The Kier molecular flexibility index (Phi) is 4.90. The molecule has 0 heterocycles. The summed E-state index contributed by atoms with van der Waals surface area (Å²) >= 11 is 0. The number of carbonyl (C=O) groups excluding carboxylic acids is 1. The second-order valence-electron chi connectivity index (χ2n) is 5.57. The van der Waals surface area contributed by atoms with E-state index >= 15 is 0 Å². The number of nitrogens with zero attached hydrogens (tertiary/aromatic N) is 1. The summed E-state index contributed by atoms with van der Waals surface area (Å²) < 4.78 is 0. The lowest BCUT2D eigenvalue weighted by Gasteiger charge is -2.17. The van der Waals surface area contributed by atoms with E-state index in [1.165, 1.54) is 6.07 Å². The van der Waals surface area contributed by atoms with Crippen molar-refractivity contribution in [3.05, 3.63) is 39.4 Å². The van der Waals surface area contributed by atoms with Crippen molar-refractivity contribution < 1.29 is 14.8 Å². The average molecular weight is 292 g/mol. The topological polar surface area (TPSA) is 92.5 Å². The summed E-state index contributed by atoms with van der Waals surface area (Å²) in [6.07, 6.45) is 3.00. The normalized spacial score (nSPS) is 21.2. The van der Waals surface area contributed by atoms with Crippen molar-refractivity contribution in [2.45, 2.75) is 26.2 Å². The SMILES string of the molecule is Cc1cccc(C(=O)NCC2CCCC2CO)c1[N+](=O)[O-]. The Hall–Kier alpha value is -1.95. The zero-order valence-corrected chi connectivity index (χ0v) is 12.0. The quantitative estimate of drug-likeness (QED) is 0.641. The molecule has 0 saturated heterocycles. The van der Waals surface area contributed by atoms with Crippen LogP contribution in [0.1, 0.15) is 35.2 Å². The van der Waals surface area contributed by atoms with E-state index in [9.17, 15) is 20.0 Å². The monoisotopic (exact) mass is 292 g/mol. The molecule has 0 radical (unpaired) electrons. The predicted molar refractivity (Wildman–Crippen MR) is 78.1 cm³/mol. The third-order valence-corrected chi connectivity index (χ3v) is 4.24. The summed E-state index contributed by atoms with van der Waals surface area (Å²) in [7, 11) is 0. The third kappa shape index (κ3) is 3.39. The smallest absolute Gasteiger partial charge is 0.285 e. The maximum atomic E-state index is 12.2. The van der Waals surface area contributed by atoms with Crippen LogP contribution in [0.15, 0.2) is 18.2 Å². The minimum Gasteiger partial charge on any atom is -0.396 e. The first-order valence-electron chi connectivity index (χ1n) is 7.17. The molecule has 0 aromatic heterocycles. The Labute approximate surface area is 123 Å². The van der Waals surface area contributed by atoms with E-state index in [0.29, 0.717) is 12.1 Å². The first-order valence-corrected chi connectivity index (χ1v) is 7.17. The van der Waals surface area contributed by atoms with E-state index in [0.717, 1.165) is 19.3 Å². The van der Waals surface area contributed by atoms with Crippen molar-refractivity contribution in [2.75, 3.05) is 13.2 Å². The lowest BCUT2D eigenvalue weighted by molar-refractivity contribution is -0.385. The summed E-state index contributed by atoms with van der Waals surface area (Å²) in [5, 5.41) is 23.1. The number of carbonyl (C=O) groups is 1. The molecule has 2 unspecified atom stereocenters. The molecular formula is C15H20N2O4. The van der Waals surface area contributed by atoms with Crippen LogP contribution in [-0.2, 0) is 0 Å². The number of hydrogen-bond donors (Lipinski definition) is 2.